The summed E-state index contributed by atoms with van der Waals surface area (Å²) in [6, 6.07) is 9.47. The van der Waals surface area contributed by atoms with Crippen molar-refractivity contribution in [2.75, 3.05) is 59.2 Å². The molecule has 4 bridgehead atoms. The molecule has 0 amide bonds. The second-order valence-corrected chi connectivity index (χ2v) is 52.8. The third-order valence-electron chi connectivity index (χ3n) is 41.1. The van der Waals surface area contributed by atoms with E-state index in [1.807, 2.05) is 0 Å². The third kappa shape index (κ3) is 40.7. The van der Waals surface area contributed by atoms with Gasteiger partial charge >= 0.3 is 0 Å². The molecule has 0 aliphatic heterocycles. The summed E-state index contributed by atoms with van der Waals surface area (Å²) in [4.78, 5) is 0. The quantitative estimate of drug-likeness (QED) is 0.0649. The number of rotatable bonds is 18. The lowest BCUT2D eigenvalue weighted by Crippen LogP contribution is -2.45. The summed E-state index contributed by atoms with van der Waals surface area (Å²) in [5.41, 5.74) is 61.4. The molecule has 22 nitrogen and oxygen atoms in total. The Bertz CT molecular complexity index is 3140. The van der Waals surface area contributed by atoms with Gasteiger partial charge in [0.2, 0.25) is 0 Å². The number of nitrogens with two attached hydrogens (primary N) is 10. The van der Waals surface area contributed by atoms with Crippen molar-refractivity contribution in [3.8, 4) is 0 Å². The van der Waals surface area contributed by atoms with Gasteiger partial charge in [-0.3, -0.25) is 0 Å². The number of benzene rings is 1. The second-order valence-electron chi connectivity index (χ2n) is 52.8. The molecule has 0 heterocycles. The molecule has 1 aromatic carbocycles. The van der Waals surface area contributed by atoms with Crippen LogP contribution in [0.25, 0.3) is 0 Å². The highest BCUT2D eigenvalue weighted by Crippen LogP contribution is 2.64. The fourth-order valence-corrected chi connectivity index (χ4v) is 31.9. The van der Waals surface area contributed by atoms with Crippen LogP contribution in [0.1, 0.15) is 413 Å². The minimum Gasteiger partial charge on any atom is -0.396 e. The number of fused-ring (bicyclic) bond motifs is 10. The number of hydrogen-bond acceptors (Lipinski definition) is 22. The van der Waals surface area contributed by atoms with E-state index in [-0.39, 0.29) is 55.3 Å². The highest BCUT2D eigenvalue weighted by Gasteiger charge is 2.57. The van der Waals surface area contributed by atoms with E-state index in [2.05, 4.69) is 48.5 Å². The molecule has 0 saturated heterocycles. The summed E-state index contributed by atoms with van der Waals surface area (Å²) >= 11 is 0. The van der Waals surface area contributed by atoms with Crippen LogP contribution in [0.5, 0.6) is 0 Å². The zero-order valence-corrected chi connectivity index (χ0v) is 91.0. The molecule has 20 atom stereocenters. The fraction of sp³-hybridized carbons (Fsp3) is 0.950. The van der Waals surface area contributed by atoms with Gasteiger partial charge in [0.15, 0.2) is 0 Å². The standard InChI is InChI=1S/C15H30N2.C15H28O2.C13H26N2.C12H22N2.C12H20O2.C12H22O2.C10H22N2.C8H18N2.C8H16O2.C8H10O2.C6H12O2/c1-10-7-12(3-5-14(10)16)9-13-4-6-15(17)11(2)8-13;1-15(2,11-3-7-13(16)8-4-11)12-5-9-14(17)10-6-12;14-12-5-1-10(2-6-12)9-11-3-7-13(15)8-4-11;2*13-5-7-1-10-8-3-9(6-14)11(4-8)12(10)2-7;13-11-5-1-9(2-6-11)10-3-7-12(14)8-4-10;1-9(2)4-8(12)5-10(3,6-9)7-11;3*9-5-7-1-2-8(6-10)4-3-7;7-5-1-2-6(8)4-3-5/h10-15H,3-9,16-17H2,1-2H3;11-14,16-17H,3-10H2,1-2H3;10-13H,1-9,14-15H2;7-12H,1-6,13-14H2;7-14H,1-6H2;9-14H,1-8H2;8H,4-7,11-12H2,1-3H3;7-8H,1-6,9-10H2;7-10H,1-6H2;1-4,9-10H,5-6H2;5-8H,1-4H2. The van der Waals surface area contributed by atoms with Gasteiger partial charge in [0.05, 0.1) is 49.8 Å². The molecular weight excluding hydrogens is 1760 g/mol. The van der Waals surface area contributed by atoms with Gasteiger partial charge in [-0.05, 0) is 567 Å². The van der Waals surface area contributed by atoms with Crippen molar-refractivity contribution in [2.45, 2.75) is 482 Å². The van der Waals surface area contributed by atoms with Crippen LogP contribution in [-0.4, -0.2) is 187 Å². The van der Waals surface area contributed by atoms with E-state index < -0.39 is 0 Å². The molecule has 0 radical (unpaired) electrons. The van der Waals surface area contributed by atoms with E-state index in [0.717, 1.165) is 290 Å². The SMILES string of the molecule is CC(C)(C1CCC(O)CC1)C1CCC(O)CC1.CC1(C)CC(N)CC(C)(CN)C1.CC1CC(CC2CCC(N)C(C)C2)CCC1N.NC1CCC(CC2CCC(N)CC2)CC1.NCC1CC2C3CC(CN)C(C3)C2C1.NCC1CCC(CN)CC1.OC1CCC(C2CCC(O)CC2)CC1.OC1CCC(O)CC1.OCC1CC2C3CC(CO)C(C3)C2C1.OCC1CCC(CO)CC1.OCc1ccc(CO)cc1. The van der Waals surface area contributed by atoms with E-state index in [1.54, 1.807) is 24.3 Å². The van der Waals surface area contributed by atoms with Crippen LogP contribution in [-0.2, 0) is 13.2 Å². The second kappa shape index (κ2) is 63.1. The molecule has 0 aromatic heterocycles. The predicted molar refractivity (Wildman–Crippen MR) is 580 cm³/mol. The lowest BCUT2D eigenvalue weighted by molar-refractivity contribution is 0.00232. The highest BCUT2D eigenvalue weighted by atomic mass is 16.3. The Hall–Kier alpha value is -1.66. The van der Waals surface area contributed by atoms with Crippen molar-refractivity contribution in [1.82, 2.24) is 0 Å². The van der Waals surface area contributed by atoms with Crippen LogP contribution in [0.2, 0.25) is 0 Å². The van der Waals surface area contributed by atoms with Crippen LogP contribution >= 0.6 is 0 Å². The monoisotopic (exact) mass is 1990 g/mol. The van der Waals surface area contributed by atoms with E-state index in [9.17, 15) is 30.6 Å². The molecule has 824 valence electrons. The smallest absolute Gasteiger partial charge is 0.0681 e. The van der Waals surface area contributed by atoms with Gasteiger partial charge in [-0.25, -0.2) is 0 Å². The minimum absolute atomic E-state index is 0.0274. The fourth-order valence-electron chi connectivity index (χ4n) is 31.9. The van der Waals surface area contributed by atoms with Gasteiger partial charge in [0, 0.05) is 56.6 Å². The van der Waals surface area contributed by atoms with Crippen molar-refractivity contribution >= 4 is 0 Å². The molecule has 32 N–H and O–H groups in total. The summed E-state index contributed by atoms with van der Waals surface area (Å²) in [5, 5.41) is 109. The molecule has 19 rings (SSSR count). The van der Waals surface area contributed by atoms with Gasteiger partial charge in [0.1, 0.15) is 0 Å². The minimum atomic E-state index is -0.140. The van der Waals surface area contributed by atoms with Crippen molar-refractivity contribution in [1.29, 1.82) is 0 Å². The van der Waals surface area contributed by atoms with Crippen LogP contribution in [0.15, 0.2) is 24.3 Å². The van der Waals surface area contributed by atoms with Crippen molar-refractivity contribution in [2.24, 2.45) is 227 Å². The van der Waals surface area contributed by atoms with Gasteiger partial charge in [0.25, 0.3) is 0 Å². The first-order valence-corrected chi connectivity index (χ1v) is 59.6. The molecule has 18 aliphatic rings. The van der Waals surface area contributed by atoms with Gasteiger partial charge < -0.3 is 119 Å². The summed E-state index contributed by atoms with van der Waals surface area (Å²) in [6.07, 6.45) is 65.6. The number of hydrogen-bond donors (Lipinski definition) is 22. The topological polar surface area (TPSA) is 503 Å². The van der Waals surface area contributed by atoms with Gasteiger partial charge in [-0.15, -0.1) is 0 Å². The molecule has 1 aromatic rings. The summed E-state index contributed by atoms with van der Waals surface area (Å²) in [7, 11) is 0. The van der Waals surface area contributed by atoms with Crippen molar-refractivity contribution < 1.29 is 61.3 Å². The van der Waals surface area contributed by atoms with Crippen LogP contribution in [0.4, 0.5) is 0 Å². The molecule has 141 heavy (non-hydrogen) atoms. The van der Waals surface area contributed by atoms with Crippen molar-refractivity contribution in [3.05, 3.63) is 35.4 Å². The molecule has 18 saturated carbocycles. The Labute approximate surface area is 860 Å². The maximum atomic E-state index is 9.60. The highest BCUT2D eigenvalue weighted by molar-refractivity contribution is 5.21. The van der Waals surface area contributed by atoms with E-state index in [1.165, 1.54) is 238 Å². The molecule has 20 unspecified atom stereocenters. The zero-order valence-electron chi connectivity index (χ0n) is 91.0. The third-order valence-corrected chi connectivity index (χ3v) is 41.1. The maximum absolute atomic E-state index is 9.60. The molecule has 18 aliphatic carbocycles. The summed E-state index contributed by atoms with van der Waals surface area (Å²) in [5.74, 6) is 21.5. The zero-order chi connectivity index (χ0) is 103. The Balaban J connectivity index is 0.000000174. The number of aliphatic hydroxyl groups excluding tert-OH is 12. The normalized spacial score (nSPS) is 42.0. The van der Waals surface area contributed by atoms with E-state index in [4.69, 9.17) is 88.0 Å². The summed E-state index contributed by atoms with van der Waals surface area (Å²) < 4.78 is 0. The Morgan fingerprint density at radius 2 is 0.596 bits per heavy atom. The maximum Gasteiger partial charge on any atom is 0.0681 e. The molecular formula is C119H226N10O12. The van der Waals surface area contributed by atoms with Crippen LogP contribution in [0, 0.1) is 170 Å². The molecule has 22 heteroatoms. The largest absolute Gasteiger partial charge is 0.396 e. The molecule has 18 fully saturated rings. The first kappa shape index (κ1) is 123. The Kier molecular flexibility index (Phi) is 55.0. The summed E-state index contributed by atoms with van der Waals surface area (Å²) in [6.45, 7) is 22.3. The van der Waals surface area contributed by atoms with Gasteiger partial charge in [-0.1, -0.05) is 72.7 Å². The van der Waals surface area contributed by atoms with E-state index in [0.29, 0.717) is 91.1 Å². The average molecular weight is 1990 g/mol. The van der Waals surface area contributed by atoms with Crippen molar-refractivity contribution in [3.63, 3.8) is 0 Å². The lowest BCUT2D eigenvalue weighted by Gasteiger charge is -2.46. The Morgan fingerprint density at radius 3 is 0.929 bits per heavy atom. The van der Waals surface area contributed by atoms with Gasteiger partial charge in [-0.2, -0.15) is 0 Å². The first-order valence-electron chi connectivity index (χ1n) is 59.6. The Morgan fingerprint density at radius 1 is 0.284 bits per heavy atom. The number of aliphatic hydroxyl groups is 12. The predicted octanol–water partition coefficient (Wildman–Crippen LogP) is 16.9. The lowest BCUT2D eigenvalue weighted by atomic mass is 9.60. The average Bonchev–Trinajstić information content (AvgIpc) is 1.59. The first-order chi connectivity index (χ1) is 67.5. The van der Waals surface area contributed by atoms with E-state index >= 15 is 0 Å². The van der Waals surface area contributed by atoms with Crippen LogP contribution in [0.3, 0.4) is 0 Å². The van der Waals surface area contributed by atoms with Crippen LogP contribution < -0.4 is 57.3 Å². The molecule has 0 spiro atoms.